The number of aromatic nitrogens is 1. The normalized spacial score (nSPS) is 11.0. The molecule has 0 saturated heterocycles. The Bertz CT molecular complexity index is 1280. The van der Waals surface area contributed by atoms with E-state index in [1.54, 1.807) is 31.4 Å². The lowest BCUT2D eigenvalue weighted by Gasteiger charge is -2.14. The van der Waals surface area contributed by atoms with E-state index in [0.29, 0.717) is 39.0 Å². The first-order valence-electron chi connectivity index (χ1n) is 9.18. The first-order chi connectivity index (χ1) is 14.4. The second kappa shape index (κ2) is 8.13. The van der Waals surface area contributed by atoms with Gasteiger partial charge in [0.1, 0.15) is 11.3 Å². The number of hydrogen-bond acceptors (Lipinski definition) is 4. The van der Waals surface area contributed by atoms with E-state index in [0.717, 1.165) is 21.2 Å². The first kappa shape index (κ1) is 20.4. The van der Waals surface area contributed by atoms with Gasteiger partial charge in [-0.2, -0.15) is 0 Å². The molecule has 0 fully saturated rings. The molecule has 30 heavy (non-hydrogen) atoms. The van der Waals surface area contributed by atoms with E-state index in [9.17, 15) is 4.79 Å². The number of anilines is 1. The highest BCUT2D eigenvalue weighted by Gasteiger charge is 2.17. The molecule has 0 radical (unpaired) electrons. The molecule has 1 amide bonds. The maximum Gasteiger partial charge on any atom is 0.259 e. The minimum absolute atomic E-state index is 0.263. The van der Waals surface area contributed by atoms with Gasteiger partial charge in [-0.25, -0.2) is 4.98 Å². The maximum atomic E-state index is 13.0. The summed E-state index contributed by atoms with van der Waals surface area (Å²) < 4.78 is 12.1. The predicted molar refractivity (Wildman–Crippen MR) is 123 cm³/mol. The average Bonchev–Trinajstić information content (AvgIpc) is 3.12. The van der Waals surface area contributed by atoms with E-state index < -0.39 is 0 Å². The number of benzene rings is 3. The van der Waals surface area contributed by atoms with Crippen LogP contribution in [0.4, 0.5) is 5.69 Å². The van der Waals surface area contributed by atoms with Crippen molar-refractivity contribution in [2.45, 2.75) is 13.8 Å². The van der Waals surface area contributed by atoms with Gasteiger partial charge in [0.2, 0.25) is 5.89 Å². The number of fused-ring (bicyclic) bond motifs is 1. The van der Waals surface area contributed by atoms with Crippen molar-refractivity contribution >= 4 is 50.2 Å². The highest BCUT2D eigenvalue weighted by molar-refractivity contribution is 9.10. The molecule has 0 bridgehead atoms. The molecular formula is C23H18BrClN2O3. The van der Waals surface area contributed by atoms with Crippen LogP contribution in [-0.4, -0.2) is 18.0 Å². The summed E-state index contributed by atoms with van der Waals surface area (Å²) in [4.78, 5) is 17.5. The average molecular weight is 486 g/mol. The van der Waals surface area contributed by atoms with Gasteiger partial charge in [0.25, 0.3) is 5.91 Å². The fraction of sp³-hybridized carbons (Fsp3) is 0.130. The zero-order valence-corrected chi connectivity index (χ0v) is 18.9. The van der Waals surface area contributed by atoms with E-state index in [2.05, 4.69) is 26.2 Å². The van der Waals surface area contributed by atoms with Crippen LogP contribution in [0.25, 0.3) is 22.6 Å². The van der Waals surface area contributed by atoms with Crippen LogP contribution in [0, 0.1) is 13.8 Å². The lowest BCUT2D eigenvalue weighted by molar-refractivity contribution is 0.102. The smallest absolute Gasteiger partial charge is 0.259 e. The highest BCUT2D eigenvalue weighted by atomic mass is 79.9. The molecule has 0 atom stereocenters. The molecule has 0 aliphatic rings. The van der Waals surface area contributed by atoms with Gasteiger partial charge in [0.05, 0.1) is 12.7 Å². The number of nitrogens with zero attached hydrogens (tertiary/aromatic N) is 1. The second-order valence-electron chi connectivity index (χ2n) is 6.92. The Kier molecular flexibility index (Phi) is 5.54. The molecule has 152 valence electrons. The Morgan fingerprint density at radius 1 is 1.10 bits per heavy atom. The zero-order chi connectivity index (χ0) is 21.4. The van der Waals surface area contributed by atoms with Gasteiger partial charge in [0.15, 0.2) is 5.58 Å². The number of hydrogen-bond donors (Lipinski definition) is 1. The number of rotatable bonds is 4. The molecule has 5 nitrogen and oxygen atoms in total. The number of halogens is 2. The largest absolute Gasteiger partial charge is 0.496 e. The fourth-order valence-electron chi connectivity index (χ4n) is 3.27. The van der Waals surface area contributed by atoms with Crippen LogP contribution < -0.4 is 10.1 Å². The number of carbonyl (C=O) groups is 1. The number of carbonyl (C=O) groups excluding carboxylic acids is 1. The van der Waals surface area contributed by atoms with Gasteiger partial charge in [-0.05, 0) is 67.4 Å². The predicted octanol–water partition coefficient (Wildman–Crippen LogP) is 6.79. The van der Waals surface area contributed by atoms with Crippen molar-refractivity contribution in [3.05, 3.63) is 74.7 Å². The summed E-state index contributed by atoms with van der Waals surface area (Å²) in [7, 11) is 1.55. The molecule has 0 aliphatic carbocycles. The maximum absolute atomic E-state index is 13.0. The molecule has 4 rings (SSSR count). The minimum atomic E-state index is -0.263. The summed E-state index contributed by atoms with van der Waals surface area (Å²) in [5, 5.41) is 3.57. The Hall–Kier alpha value is -2.83. The first-order valence-corrected chi connectivity index (χ1v) is 10.4. The van der Waals surface area contributed by atoms with Crippen molar-refractivity contribution in [3.8, 4) is 17.2 Å². The minimum Gasteiger partial charge on any atom is -0.496 e. The third-order valence-electron chi connectivity index (χ3n) is 4.77. The monoisotopic (exact) mass is 484 g/mol. The van der Waals surface area contributed by atoms with Gasteiger partial charge < -0.3 is 14.5 Å². The molecule has 1 N–H and O–H groups in total. The summed E-state index contributed by atoms with van der Waals surface area (Å²) in [5.41, 5.74) is 4.97. The zero-order valence-electron chi connectivity index (χ0n) is 16.5. The van der Waals surface area contributed by atoms with Crippen LogP contribution in [0.3, 0.4) is 0 Å². The van der Waals surface area contributed by atoms with E-state index in [4.69, 9.17) is 20.8 Å². The van der Waals surface area contributed by atoms with Crippen molar-refractivity contribution in [1.29, 1.82) is 0 Å². The van der Waals surface area contributed by atoms with Gasteiger partial charge in [-0.1, -0.05) is 33.6 Å². The number of amides is 1. The van der Waals surface area contributed by atoms with Crippen molar-refractivity contribution in [1.82, 2.24) is 4.98 Å². The fourth-order valence-corrected chi connectivity index (χ4v) is 4.01. The van der Waals surface area contributed by atoms with Crippen LogP contribution in [0.1, 0.15) is 21.5 Å². The Morgan fingerprint density at radius 3 is 2.67 bits per heavy atom. The van der Waals surface area contributed by atoms with E-state index in [1.165, 1.54) is 0 Å². The molecule has 4 aromatic rings. The number of methoxy groups -OCH3 is 1. The van der Waals surface area contributed by atoms with Crippen LogP contribution in [0.5, 0.6) is 5.75 Å². The van der Waals surface area contributed by atoms with Gasteiger partial charge in [-0.3, -0.25) is 4.79 Å². The molecule has 0 unspecified atom stereocenters. The third-order valence-corrected chi connectivity index (χ3v) is 5.46. The van der Waals surface area contributed by atoms with Gasteiger partial charge in [-0.15, -0.1) is 0 Å². The topological polar surface area (TPSA) is 64.4 Å². The quantitative estimate of drug-likeness (QED) is 0.346. The second-order valence-corrected chi connectivity index (χ2v) is 8.27. The molecule has 3 aromatic carbocycles. The lowest BCUT2D eigenvalue weighted by atomic mass is 10.1. The van der Waals surface area contributed by atoms with Crippen molar-refractivity contribution in [3.63, 3.8) is 0 Å². The lowest BCUT2D eigenvalue weighted by Crippen LogP contribution is -2.14. The van der Waals surface area contributed by atoms with Gasteiger partial charge in [0, 0.05) is 20.7 Å². The number of aryl methyl sites for hydroxylation is 2. The van der Waals surface area contributed by atoms with Crippen LogP contribution in [-0.2, 0) is 0 Å². The van der Waals surface area contributed by atoms with Crippen molar-refractivity contribution in [2.24, 2.45) is 0 Å². The van der Waals surface area contributed by atoms with Gasteiger partial charge >= 0.3 is 0 Å². The molecule has 1 heterocycles. The number of nitrogens with one attached hydrogen (secondary N) is 1. The standard InChI is InChI=1S/C23H18BrClN2O3/c1-12-4-5-14(23-27-19-11-16(25)6-7-20(19)30-23)9-18(12)26-22(28)17-10-15(24)8-13(2)21(17)29-3/h4-11H,1-3H3,(H,26,28). The van der Waals surface area contributed by atoms with Crippen molar-refractivity contribution in [2.75, 3.05) is 12.4 Å². The number of oxazole rings is 1. The third kappa shape index (κ3) is 3.93. The van der Waals surface area contributed by atoms with Crippen molar-refractivity contribution < 1.29 is 13.9 Å². The molecule has 0 saturated carbocycles. The molecule has 0 aliphatic heterocycles. The van der Waals surface area contributed by atoms with Crippen LogP contribution in [0.2, 0.25) is 5.02 Å². The number of ether oxygens (including phenoxy) is 1. The SMILES string of the molecule is COc1c(C)cc(Br)cc1C(=O)Nc1cc(-c2nc3cc(Cl)ccc3o2)ccc1C. The molecular weight excluding hydrogens is 468 g/mol. The summed E-state index contributed by atoms with van der Waals surface area (Å²) in [5.74, 6) is 0.736. The van der Waals surface area contributed by atoms with E-state index >= 15 is 0 Å². The van der Waals surface area contributed by atoms with Crippen LogP contribution in [0.15, 0.2) is 57.4 Å². The molecule has 1 aromatic heterocycles. The summed E-state index contributed by atoms with van der Waals surface area (Å²) in [6, 6.07) is 14.6. The highest BCUT2D eigenvalue weighted by Crippen LogP contribution is 2.31. The molecule has 7 heteroatoms. The van der Waals surface area contributed by atoms with Crippen LogP contribution >= 0.6 is 27.5 Å². The summed E-state index contributed by atoms with van der Waals surface area (Å²) in [6.45, 7) is 3.82. The summed E-state index contributed by atoms with van der Waals surface area (Å²) in [6.07, 6.45) is 0. The Balaban J connectivity index is 1.69. The Morgan fingerprint density at radius 2 is 1.90 bits per heavy atom. The summed E-state index contributed by atoms with van der Waals surface area (Å²) >= 11 is 9.48. The Labute approximate surface area is 187 Å². The molecule has 0 spiro atoms. The van der Waals surface area contributed by atoms with E-state index in [-0.39, 0.29) is 5.91 Å². The van der Waals surface area contributed by atoms with E-state index in [1.807, 2.05) is 38.1 Å².